The van der Waals surface area contributed by atoms with Gasteiger partial charge in [0.2, 0.25) is 11.8 Å². The Kier molecular flexibility index (Phi) is 9.70. The van der Waals surface area contributed by atoms with E-state index in [2.05, 4.69) is 10.6 Å². The standard InChI is InChI=1S/C20H28N2O6/c1-13(2)11-16(20(27)28-12-15-7-5-4-6-8-15)22-19(26)14(3)21-17(23)9-10-18(24)25/h4-8,13-14,16H,9-12H2,1-3H3,(H,21,23)(H,22,26)(H,24,25)/t14-,16-/m0/s1. The van der Waals surface area contributed by atoms with Crippen LogP contribution in [0.3, 0.4) is 0 Å². The fourth-order valence-electron chi connectivity index (χ4n) is 2.41. The quantitative estimate of drug-likeness (QED) is 0.492. The predicted octanol–water partition coefficient (Wildman–Crippen LogP) is 1.63. The molecule has 0 aliphatic heterocycles. The Morgan fingerprint density at radius 3 is 2.21 bits per heavy atom. The van der Waals surface area contributed by atoms with Gasteiger partial charge in [0.1, 0.15) is 18.7 Å². The lowest BCUT2D eigenvalue weighted by molar-refractivity contribution is -0.149. The number of esters is 1. The van der Waals surface area contributed by atoms with Crippen molar-refractivity contribution in [2.45, 2.75) is 58.7 Å². The Morgan fingerprint density at radius 1 is 1.00 bits per heavy atom. The van der Waals surface area contributed by atoms with Gasteiger partial charge in [-0.3, -0.25) is 14.4 Å². The summed E-state index contributed by atoms with van der Waals surface area (Å²) in [6.45, 7) is 5.41. The molecule has 0 heterocycles. The van der Waals surface area contributed by atoms with Gasteiger partial charge in [0, 0.05) is 6.42 Å². The van der Waals surface area contributed by atoms with Crippen LogP contribution >= 0.6 is 0 Å². The monoisotopic (exact) mass is 392 g/mol. The average molecular weight is 392 g/mol. The number of carbonyl (C=O) groups excluding carboxylic acids is 3. The van der Waals surface area contributed by atoms with E-state index >= 15 is 0 Å². The number of hydrogen-bond acceptors (Lipinski definition) is 5. The molecule has 8 heteroatoms. The zero-order chi connectivity index (χ0) is 21.1. The van der Waals surface area contributed by atoms with Crippen molar-refractivity contribution in [3.05, 3.63) is 35.9 Å². The first-order valence-corrected chi connectivity index (χ1v) is 9.21. The van der Waals surface area contributed by atoms with Crippen molar-refractivity contribution < 1.29 is 29.0 Å². The van der Waals surface area contributed by atoms with E-state index in [1.807, 2.05) is 44.2 Å². The summed E-state index contributed by atoms with van der Waals surface area (Å²) >= 11 is 0. The molecule has 1 aromatic carbocycles. The molecule has 0 unspecified atom stereocenters. The fraction of sp³-hybridized carbons (Fsp3) is 0.500. The minimum Gasteiger partial charge on any atom is -0.481 e. The van der Waals surface area contributed by atoms with Crippen LogP contribution in [0.25, 0.3) is 0 Å². The molecule has 154 valence electrons. The molecule has 1 rings (SSSR count). The summed E-state index contributed by atoms with van der Waals surface area (Å²) in [6.07, 6.45) is -0.150. The van der Waals surface area contributed by atoms with Gasteiger partial charge in [-0.25, -0.2) is 4.79 Å². The van der Waals surface area contributed by atoms with Gasteiger partial charge >= 0.3 is 11.9 Å². The average Bonchev–Trinajstić information content (AvgIpc) is 2.64. The smallest absolute Gasteiger partial charge is 0.328 e. The van der Waals surface area contributed by atoms with Crippen LogP contribution in [-0.4, -0.2) is 40.9 Å². The topological polar surface area (TPSA) is 122 Å². The maximum atomic E-state index is 12.4. The van der Waals surface area contributed by atoms with E-state index in [1.165, 1.54) is 6.92 Å². The van der Waals surface area contributed by atoms with E-state index in [9.17, 15) is 19.2 Å². The molecular weight excluding hydrogens is 364 g/mol. The second-order valence-electron chi connectivity index (χ2n) is 6.97. The SMILES string of the molecule is CC(C)C[C@H](NC(=O)[C@H](C)NC(=O)CCC(=O)O)C(=O)OCc1ccccc1. The molecule has 0 saturated carbocycles. The third-order valence-corrected chi connectivity index (χ3v) is 3.87. The third-order valence-electron chi connectivity index (χ3n) is 3.87. The number of rotatable bonds is 11. The van der Waals surface area contributed by atoms with Crippen LogP contribution in [0.4, 0.5) is 0 Å². The lowest BCUT2D eigenvalue weighted by Crippen LogP contribution is -2.51. The maximum absolute atomic E-state index is 12.4. The summed E-state index contributed by atoms with van der Waals surface area (Å²) in [5.74, 6) is -2.58. The van der Waals surface area contributed by atoms with Gasteiger partial charge in [0.25, 0.3) is 0 Å². The maximum Gasteiger partial charge on any atom is 0.328 e. The first-order chi connectivity index (χ1) is 13.2. The van der Waals surface area contributed by atoms with Gasteiger partial charge in [-0.05, 0) is 24.8 Å². The molecule has 0 saturated heterocycles. The number of amides is 2. The highest BCUT2D eigenvalue weighted by Gasteiger charge is 2.26. The molecule has 2 amide bonds. The predicted molar refractivity (Wildman–Crippen MR) is 102 cm³/mol. The van der Waals surface area contributed by atoms with Crippen molar-refractivity contribution in [3.63, 3.8) is 0 Å². The van der Waals surface area contributed by atoms with Gasteiger partial charge in [0.15, 0.2) is 0 Å². The largest absolute Gasteiger partial charge is 0.481 e. The molecule has 0 radical (unpaired) electrons. The first-order valence-electron chi connectivity index (χ1n) is 9.21. The molecule has 1 aromatic rings. The van der Waals surface area contributed by atoms with E-state index in [0.717, 1.165) is 5.56 Å². The van der Waals surface area contributed by atoms with Crippen LogP contribution in [0.15, 0.2) is 30.3 Å². The van der Waals surface area contributed by atoms with Gasteiger partial charge < -0.3 is 20.5 Å². The van der Waals surface area contributed by atoms with Crippen molar-refractivity contribution in [1.29, 1.82) is 0 Å². The zero-order valence-corrected chi connectivity index (χ0v) is 16.4. The highest BCUT2D eigenvalue weighted by molar-refractivity contribution is 5.91. The number of ether oxygens (including phenoxy) is 1. The highest BCUT2D eigenvalue weighted by Crippen LogP contribution is 2.09. The summed E-state index contributed by atoms with van der Waals surface area (Å²) in [4.78, 5) is 46.9. The second kappa shape index (κ2) is 11.7. The normalized spacial score (nSPS) is 12.7. The molecule has 8 nitrogen and oxygen atoms in total. The Morgan fingerprint density at radius 2 is 1.64 bits per heavy atom. The van der Waals surface area contributed by atoms with Gasteiger partial charge in [-0.1, -0.05) is 44.2 Å². The molecule has 0 aliphatic carbocycles. The minimum absolute atomic E-state index is 0.103. The van der Waals surface area contributed by atoms with Crippen molar-refractivity contribution in [3.8, 4) is 0 Å². The Labute approximate surface area is 164 Å². The molecule has 28 heavy (non-hydrogen) atoms. The third kappa shape index (κ3) is 9.16. The number of aliphatic carboxylic acids is 1. The lowest BCUT2D eigenvalue weighted by atomic mass is 10.0. The van der Waals surface area contributed by atoms with Gasteiger partial charge in [0.05, 0.1) is 6.42 Å². The molecular formula is C20H28N2O6. The van der Waals surface area contributed by atoms with Crippen molar-refractivity contribution >= 4 is 23.8 Å². The van der Waals surface area contributed by atoms with E-state index in [0.29, 0.717) is 6.42 Å². The molecule has 0 aromatic heterocycles. The molecule has 0 bridgehead atoms. The van der Waals surface area contributed by atoms with E-state index in [1.54, 1.807) is 0 Å². The fourth-order valence-corrected chi connectivity index (χ4v) is 2.41. The first kappa shape index (κ1) is 23.1. The molecule has 0 spiro atoms. The van der Waals surface area contributed by atoms with Gasteiger partial charge in [-0.2, -0.15) is 0 Å². The van der Waals surface area contributed by atoms with Crippen LogP contribution in [0, 0.1) is 5.92 Å². The van der Waals surface area contributed by atoms with Gasteiger partial charge in [-0.15, -0.1) is 0 Å². The number of carbonyl (C=O) groups is 4. The number of nitrogens with one attached hydrogen (secondary N) is 2. The van der Waals surface area contributed by atoms with Crippen LogP contribution < -0.4 is 10.6 Å². The van der Waals surface area contributed by atoms with Crippen LogP contribution in [0.1, 0.15) is 45.6 Å². The van der Waals surface area contributed by atoms with Crippen molar-refractivity contribution in [2.75, 3.05) is 0 Å². The molecule has 3 N–H and O–H groups in total. The number of hydrogen-bond donors (Lipinski definition) is 3. The number of benzene rings is 1. The highest BCUT2D eigenvalue weighted by atomic mass is 16.5. The summed E-state index contributed by atoms with van der Waals surface area (Å²) in [5, 5.41) is 13.6. The van der Waals surface area contributed by atoms with Crippen molar-refractivity contribution in [1.82, 2.24) is 10.6 Å². The van der Waals surface area contributed by atoms with Crippen LogP contribution in [0.2, 0.25) is 0 Å². The number of carboxylic acid groups (broad SMARTS) is 1. The summed E-state index contributed by atoms with van der Waals surface area (Å²) in [6, 6.07) is 7.46. The Hall–Kier alpha value is -2.90. The molecule has 0 fully saturated rings. The molecule has 0 aliphatic rings. The van der Waals surface area contributed by atoms with E-state index < -0.39 is 35.8 Å². The second-order valence-corrected chi connectivity index (χ2v) is 6.97. The summed E-state index contributed by atoms with van der Waals surface area (Å²) in [5.41, 5.74) is 0.838. The lowest BCUT2D eigenvalue weighted by Gasteiger charge is -2.22. The van der Waals surface area contributed by atoms with Crippen molar-refractivity contribution in [2.24, 2.45) is 5.92 Å². The summed E-state index contributed by atoms with van der Waals surface area (Å²) < 4.78 is 5.31. The van der Waals surface area contributed by atoms with E-state index in [4.69, 9.17) is 9.84 Å². The minimum atomic E-state index is -1.09. The molecule has 2 atom stereocenters. The van der Waals surface area contributed by atoms with E-state index in [-0.39, 0.29) is 25.4 Å². The van der Waals surface area contributed by atoms with Crippen LogP contribution in [-0.2, 0) is 30.5 Å². The van der Waals surface area contributed by atoms with Crippen LogP contribution in [0.5, 0.6) is 0 Å². The Balaban J connectivity index is 2.60. The number of carboxylic acids is 1. The summed E-state index contributed by atoms with van der Waals surface area (Å²) in [7, 11) is 0. The Bertz CT molecular complexity index is 675. The zero-order valence-electron chi connectivity index (χ0n) is 16.4.